The van der Waals surface area contributed by atoms with Crippen molar-refractivity contribution in [1.82, 2.24) is 0 Å². The molecule has 2 aromatic rings. The number of benzene rings is 2. The van der Waals surface area contributed by atoms with Gasteiger partial charge in [0.2, 0.25) is 0 Å². The Morgan fingerprint density at radius 2 is 1.84 bits per heavy atom. The zero-order chi connectivity index (χ0) is 18.4. The minimum atomic E-state index is -3.86. The van der Waals surface area contributed by atoms with E-state index in [1.54, 1.807) is 24.3 Å². The van der Waals surface area contributed by atoms with Gasteiger partial charge in [0.1, 0.15) is 11.5 Å². The van der Waals surface area contributed by atoms with Gasteiger partial charge in [-0.3, -0.25) is 4.72 Å². The standard InChI is InChI=1S/C16H16ClNO6S/c1-2-23-12-5-3-11(4-6-12)18-25(21,22)13-7-8-15(14(17)9-13)24-10-16(19)20/h3-9,18H,2,10H2,1H3,(H,19,20). The first-order chi connectivity index (χ1) is 11.8. The molecule has 0 aromatic heterocycles. The monoisotopic (exact) mass is 385 g/mol. The van der Waals surface area contributed by atoms with E-state index in [2.05, 4.69) is 4.72 Å². The molecule has 0 atom stereocenters. The summed E-state index contributed by atoms with van der Waals surface area (Å²) in [6, 6.07) is 10.2. The van der Waals surface area contributed by atoms with Gasteiger partial charge in [0.25, 0.3) is 10.0 Å². The Hall–Kier alpha value is -2.45. The number of rotatable bonds is 8. The molecule has 0 aliphatic heterocycles. The fourth-order valence-electron chi connectivity index (χ4n) is 1.91. The number of sulfonamides is 1. The molecule has 0 unspecified atom stereocenters. The summed E-state index contributed by atoms with van der Waals surface area (Å²) in [7, 11) is -3.86. The van der Waals surface area contributed by atoms with Gasteiger partial charge in [-0.15, -0.1) is 0 Å². The molecule has 0 aliphatic carbocycles. The van der Waals surface area contributed by atoms with Gasteiger partial charge in [-0.1, -0.05) is 11.6 Å². The molecule has 7 nitrogen and oxygen atoms in total. The largest absolute Gasteiger partial charge is 0.494 e. The highest BCUT2D eigenvalue weighted by atomic mass is 35.5. The average Bonchev–Trinajstić information content (AvgIpc) is 2.55. The van der Waals surface area contributed by atoms with Gasteiger partial charge in [0.05, 0.1) is 16.5 Å². The Bertz CT molecular complexity index is 851. The molecule has 0 bridgehead atoms. The zero-order valence-electron chi connectivity index (χ0n) is 13.2. The third-order valence-corrected chi connectivity index (χ3v) is 4.66. The molecule has 2 aromatic carbocycles. The van der Waals surface area contributed by atoms with Gasteiger partial charge in [-0.2, -0.15) is 0 Å². The number of anilines is 1. The number of ether oxygens (including phenoxy) is 2. The maximum absolute atomic E-state index is 12.4. The highest BCUT2D eigenvalue weighted by molar-refractivity contribution is 7.92. The van der Waals surface area contributed by atoms with Crippen LogP contribution in [0.1, 0.15) is 6.92 Å². The fraction of sp³-hybridized carbons (Fsp3) is 0.188. The number of carbonyl (C=O) groups is 1. The van der Waals surface area contributed by atoms with Crippen LogP contribution in [-0.4, -0.2) is 32.7 Å². The lowest BCUT2D eigenvalue weighted by molar-refractivity contribution is -0.139. The SMILES string of the molecule is CCOc1ccc(NS(=O)(=O)c2ccc(OCC(=O)O)c(Cl)c2)cc1. The molecule has 134 valence electrons. The summed E-state index contributed by atoms with van der Waals surface area (Å²) in [4.78, 5) is 10.4. The van der Waals surface area contributed by atoms with Crippen LogP contribution in [0.3, 0.4) is 0 Å². The molecular weight excluding hydrogens is 370 g/mol. The number of halogens is 1. The summed E-state index contributed by atoms with van der Waals surface area (Å²) in [6.07, 6.45) is 0. The number of hydrogen-bond acceptors (Lipinski definition) is 5. The number of carboxylic acids is 1. The second-order valence-electron chi connectivity index (χ2n) is 4.84. The number of carboxylic acid groups (broad SMARTS) is 1. The third-order valence-electron chi connectivity index (χ3n) is 2.98. The minimum Gasteiger partial charge on any atom is -0.494 e. The molecule has 0 amide bonds. The highest BCUT2D eigenvalue weighted by Crippen LogP contribution is 2.28. The van der Waals surface area contributed by atoms with Crippen molar-refractivity contribution >= 4 is 33.3 Å². The van der Waals surface area contributed by atoms with E-state index in [0.29, 0.717) is 18.0 Å². The predicted molar refractivity (Wildman–Crippen MR) is 93.0 cm³/mol. The molecule has 0 saturated heterocycles. The average molecular weight is 386 g/mol. The maximum atomic E-state index is 12.4. The molecule has 0 fully saturated rings. The molecule has 2 N–H and O–H groups in total. The Labute approximate surface area is 150 Å². The Morgan fingerprint density at radius 3 is 2.40 bits per heavy atom. The third kappa shape index (κ3) is 5.27. The second kappa shape index (κ2) is 8.09. The van der Waals surface area contributed by atoms with Crippen molar-refractivity contribution in [2.24, 2.45) is 0 Å². The number of nitrogens with one attached hydrogen (secondary N) is 1. The van der Waals surface area contributed by atoms with Crippen LogP contribution in [0.25, 0.3) is 0 Å². The van der Waals surface area contributed by atoms with Gasteiger partial charge in [0, 0.05) is 5.69 Å². The van der Waals surface area contributed by atoms with Crippen LogP contribution in [0.2, 0.25) is 5.02 Å². The molecular formula is C16H16ClNO6S. The summed E-state index contributed by atoms with van der Waals surface area (Å²) in [5.74, 6) is -0.442. The van der Waals surface area contributed by atoms with Gasteiger partial charge < -0.3 is 14.6 Å². The Balaban J connectivity index is 2.15. The van der Waals surface area contributed by atoms with Crippen LogP contribution >= 0.6 is 11.6 Å². The molecule has 2 rings (SSSR count). The normalized spacial score (nSPS) is 11.0. The maximum Gasteiger partial charge on any atom is 0.341 e. The number of aliphatic carboxylic acids is 1. The van der Waals surface area contributed by atoms with E-state index in [9.17, 15) is 13.2 Å². The van der Waals surface area contributed by atoms with Crippen LogP contribution in [0.5, 0.6) is 11.5 Å². The van der Waals surface area contributed by atoms with Crippen molar-refractivity contribution in [2.75, 3.05) is 17.9 Å². The lowest BCUT2D eigenvalue weighted by Gasteiger charge is -2.11. The van der Waals surface area contributed by atoms with Crippen LogP contribution in [0.15, 0.2) is 47.4 Å². The van der Waals surface area contributed by atoms with Gasteiger partial charge in [-0.05, 0) is 49.4 Å². The van der Waals surface area contributed by atoms with Crippen LogP contribution in [0.4, 0.5) is 5.69 Å². The molecule has 0 saturated carbocycles. The molecule has 0 spiro atoms. The molecule has 9 heteroatoms. The van der Waals surface area contributed by atoms with Gasteiger partial charge in [0.15, 0.2) is 6.61 Å². The first-order valence-corrected chi connectivity index (χ1v) is 9.08. The van der Waals surface area contributed by atoms with Crippen LogP contribution in [-0.2, 0) is 14.8 Å². The van der Waals surface area contributed by atoms with Crippen molar-refractivity contribution in [3.05, 3.63) is 47.5 Å². The summed E-state index contributed by atoms with van der Waals surface area (Å²) in [5.41, 5.74) is 0.366. The number of hydrogen-bond donors (Lipinski definition) is 2. The minimum absolute atomic E-state index is 0.00387. The predicted octanol–water partition coefficient (Wildman–Crippen LogP) is 3.00. The van der Waals surface area contributed by atoms with E-state index in [0.717, 1.165) is 0 Å². The quantitative estimate of drug-likeness (QED) is 0.724. The van der Waals surface area contributed by atoms with Crippen LogP contribution in [0, 0.1) is 0 Å². The second-order valence-corrected chi connectivity index (χ2v) is 6.93. The topological polar surface area (TPSA) is 102 Å². The first-order valence-electron chi connectivity index (χ1n) is 7.21. The fourth-order valence-corrected chi connectivity index (χ4v) is 3.29. The van der Waals surface area contributed by atoms with Crippen molar-refractivity contribution in [2.45, 2.75) is 11.8 Å². The molecule has 0 radical (unpaired) electrons. The Morgan fingerprint density at radius 1 is 1.16 bits per heavy atom. The first kappa shape index (κ1) is 18.9. The zero-order valence-corrected chi connectivity index (χ0v) is 14.8. The van der Waals surface area contributed by atoms with Crippen LogP contribution < -0.4 is 14.2 Å². The van der Waals surface area contributed by atoms with Crippen molar-refractivity contribution in [3.8, 4) is 11.5 Å². The van der Waals surface area contributed by atoms with E-state index < -0.39 is 22.6 Å². The van der Waals surface area contributed by atoms with Crippen molar-refractivity contribution < 1.29 is 27.8 Å². The summed E-state index contributed by atoms with van der Waals surface area (Å²) < 4.78 is 37.5. The van der Waals surface area contributed by atoms with Crippen molar-refractivity contribution in [1.29, 1.82) is 0 Å². The summed E-state index contributed by atoms with van der Waals surface area (Å²) >= 11 is 5.95. The van der Waals surface area contributed by atoms with E-state index in [1.807, 2.05) is 6.92 Å². The summed E-state index contributed by atoms with van der Waals surface area (Å²) in [6.45, 7) is 1.79. The highest BCUT2D eigenvalue weighted by Gasteiger charge is 2.17. The molecule has 25 heavy (non-hydrogen) atoms. The van der Waals surface area contributed by atoms with Gasteiger partial charge in [-0.25, -0.2) is 13.2 Å². The lowest BCUT2D eigenvalue weighted by Crippen LogP contribution is -2.13. The van der Waals surface area contributed by atoms with Gasteiger partial charge >= 0.3 is 5.97 Å². The van der Waals surface area contributed by atoms with E-state index in [1.165, 1.54) is 18.2 Å². The Kier molecular flexibility index (Phi) is 6.11. The smallest absolute Gasteiger partial charge is 0.341 e. The summed E-state index contributed by atoms with van der Waals surface area (Å²) in [5, 5.41) is 8.58. The molecule has 0 heterocycles. The van der Waals surface area contributed by atoms with E-state index >= 15 is 0 Å². The molecule has 0 aliphatic rings. The lowest BCUT2D eigenvalue weighted by atomic mass is 10.3. The van der Waals surface area contributed by atoms with Crippen molar-refractivity contribution in [3.63, 3.8) is 0 Å². The van der Waals surface area contributed by atoms with E-state index in [4.69, 9.17) is 26.2 Å². The van der Waals surface area contributed by atoms with E-state index in [-0.39, 0.29) is 15.7 Å².